The zero-order chi connectivity index (χ0) is 13.5. The Morgan fingerprint density at radius 2 is 2.16 bits per heavy atom. The lowest BCUT2D eigenvalue weighted by Crippen LogP contribution is -2.37. The van der Waals surface area contributed by atoms with Crippen molar-refractivity contribution in [3.05, 3.63) is 23.8 Å². The average Bonchev–Trinajstić information content (AvgIpc) is 2.46. The van der Waals surface area contributed by atoms with Gasteiger partial charge in [0, 0.05) is 19.6 Å². The first kappa shape index (κ1) is 13.7. The van der Waals surface area contributed by atoms with Crippen LogP contribution in [-0.2, 0) is 4.74 Å². The third-order valence-electron chi connectivity index (χ3n) is 3.25. The average molecular weight is 260 g/mol. The van der Waals surface area contributed by atoms with Gasteiger partial charge in [0.2, 0.25) is 0 Å². The number of hydrogen-bond acceptors (Lipinski definition) is 5. The molecule has 1 aromatic rings. The Kier molecular flexibility index (Phi) is 5.01. The van der Waals surface area contributed by atoms with Gasteiger partial charge >= 0.3 is 0 Å². The van der Waals surface area contributed by atoms with Crippen LogP contribution < -0.4 is 11.1 Å². The number of nitrogens with one attached hydrogen (secondary N) is 1. The monoisotopic (exact) mass is 260 g/mol. The second-order valence-electron chi connectivity index (χ2n) is 4.65. The third kappa shape index (κ3) is 4.12. The Hall–Kier alpha value is -1.77. The van der Waals surface area contributed by atoms with Crippen molar-refractivity contribution in [1.82, 2.24) is 4.90 Å². The molecule has 5 nitrogen and oxygen atoms in total. The highest BCUT2D eigenvalue weighted by molar-refractivity contribution is 5.68. The van der Waals surface area contributed by atoms with Gasteiger partial charge in [-0.3, -0.25) is 4.90 Å². The van der Waals surface area contributed by atoms with E-state index in [0.29, 0.717) is 11.3 Å². The van der Waals surface area contributed by atoms with Crippen LogP contribution in [0.4, 0.5) is 11.4 Å². The van der Waals surface area contributed by atoms with Crippen molar-refractivity contribution in [2.24, 2.45) is 0 Å². The molecule has 102 valence electrons. The number of nitrogens with zero attached hydrogens (tertiary/aromatic N) is 2. The van der Waals surface area contributed by atoms with E-state index in [9.17, 15) is 0 Å². The highest BCUT2D eigenvalue weighted by Crippen LogP contribution is 2.19. The molecule has 0 atom stereocenters. The van der Waals surface area contributed by atoms with Gasteiger partial charge in [0.05, 0.1) is 36.2 Å². The van der Waals surface area contributed by atoms with Gasteiger partial charge in [-0.25, -0.2) is 0 Å². The summed E-state index contributed by atoms with van der Waals surface area (Å²) in [6.45, 7) is 5.64. The lowest BCUT2D eigenvalue weighted by atomic mass is 10.2. The number of ether oxygens (including phenoxy) is 1. The van der Waals surface area contributed by atoms with Crippen molar-refractivity contribution >= 4 is 11.4 Å². The van der Waals surface area contributed by atoms with Crippen LogP contribution in [0.15, 0.2) is 18.2 Å². The summed E-state index contributed by atoms with van der Waals surface area (Å²) in [7, 11) is 0. The summed E-state index contributed by atoms with van der Waals surface area (Å²) in [5.74, 6) is 0. The molecule has 2 rings (SSSR count). The summed E-state index contributed by atoms with van der Waals surface area (Å²) < 4.78 is 5.31. The Morgan fingerprint density at radius 3 is 2.89 bits per heavy atom. The zero-order valence-corrected chi connectivity index (χ0v) is 11.1. The van der Waals surface area contributed by atoms with Crippen LogP contribution in [0.5, 0.6) is 0 Å². The Balaban J connectivity index is 1.74. The quantitative estimate of drug-likeness (QED) is 0.616. The van der Waals surface area contributed by atoms with Gasteiger partial charge < -0.3 is 15.8 Å². The molecule has 0 radical (unpaired) electrons. The SMILES string of the molecule is N#Cc1ccc(N)c(NCCCN2CCOCC2)c1. The molecular formula is C14H20N4O. The van der Waals surface area contributed by atoms with E-state index in [1.165, 1.54) is 0 Å². The molecule has 1 aliphatic rings. The minimum atomic E-state index is 0.630. The van der Waals surface area contributed by atoms with Gasteiger partial charge in [-0.1, -0.05) is 0 Å². The second-order valence-corrected chi connectivity index (χ2v) is 4.65. The molecule has 1 fully saturated rings. The fourth-order valence-electron chi connectivity index (χ4n) is 2.13. The minimum Gasteiger partial charge on any atom is -0.397 e. The molecule has 0 aromatic heterocycles. The number of nitrogen functional groups attached to an aromatic ring is 1. The number of nitrogens with two attached hydrogens (primary N) is 1. The molecule has 0 unspecified atom stereocenters. The number of hydrogen-bond donors (Lipinski definition) is 2. The summed E-state index contributed by atoms with van der Waals surface area (Å²) in [6.07, 6.45) is 1.05. The van der Waals surface area contributed by atoms with Crippen molar-refractivity contribution in [2.45, 2.75) is 6.42 Å². The van der Waals surface area contributed by atoms with Gasteiger partial charge in [0.25, 0.3) is 0 Å². The highest BCUT2D eigenvalue weighted by Gasteiger charge is 2.09. The second kappa shape index (κ2) is 6.98. The molecule has 1 aromatic carbocycles. The molecule has 1 aliphatic heterocycles. The van der Waals surface area contributed by atoms with E-state index in [-0.39, 0.29) is 0 Å². The fourth-order valence-corrected chi connectivity index (χ4v) is 2.13. The molecule has 0 saturated carbocycles. The Bertz CT molecular complexity index is 449. The van der Waals surface area contributed by atoms with E-state index in [1.807, 2.05) is 0 Å². The molecule has 1 saturated heterocycles. The number of rotatable bonds is 5. The molecule has 3 N–H and O–H groups in total. The van der Waals surface area contributed by atoms with E-state index < -0.39 is 0 Å². The third-order valence-corrected chi connectivity index (χ3v) is 3.25. The van der Waals surface area contributed by atoms with Crippen molar-refractivity contribution in [3.8, 4) is 6.07 Å². The number of nitriles is 1. The standard InChI is InChI=1S/C14H20N4O/c15-11-12-2-3-13(16)14(10-12)17-4-1-5-18-6-8-19-9-7-18/h2-3,10,17H,1,4-9,16H2. The van der Waals surface area contributed by atoms with Gasteiger partial charge in [-0.2, -0.15) is 5.26 Å². The molecule has 5 heteroatoms. The van der Waals surface area contributed by atoms with Crippen molar-refractivity contribution < 1.29 is 4.74 Å². The van der Waals surface area contributed by atoms with Gasteiger partial charge in [-0.05, 0) is 31.2 Å². The molecular weight excluding hydrogens is 240 g/mol. The lowest BCUT2D eigenvalue weighted by Gasteiger charge is -2.26. The number of benzene rings is 1. The predicted octanol–water partition coefficient (Wildman–Crippen LogP) is 1.27. The van der Waals surface area contributed by atoms with Crippen LogP contribution in [-0.4, -0.2) is 44.3 Å². The maximum atomic E-state index is 8.86. The largest absolute Gasteiger partial charge is 0.397 e. The Labute approximate surface area is 114 Å². The van der Waals surface area contributed by atoms with Crippen LogP contribution in [0.25, 0.3) is 0 Å². The van der Waals surface area contributed by atoms with Crippen molar-refractivity contribution in [2.75, 3.05) is 50.4 Å². The number of morpholine rings is 1. The van der Waals surface area contributed by atoms with Gasteiger partial charge in [0.1, 0.15) is 0 Å². The summed E-state index contributed by atoms with van der Waals surface area (Å²) in [6, 6.07) is 7.41. The first-order chi connectivity index (χ1) is 9.29. The predicted molar refractivity (Wildman–Crippen MR) is 75.9 cm³/mol. The van der Waals surface area contributed by atoms with Crippen LogP contribution >= 0.6 is 0 Å². The van der Waals surface area contributed by atoms with Crippen LogP contribution in [0.1, 0.15) is 12.0 Å². The maximum Gasteiger partial charge on any atom is 0.0992 e. The van der Waals surface area contributed by atoms with Crippen LogP contribution in [0, 0.1) is 11.3 Å². The highest BCUT2D eigenvalue weighted by atomic mass is 16.5. The van der Waals surface area contributed by atoms with Crippen molar-refractivity contribution in [3.63, 3.8) is 0 Å². The Morgan fingerprint density at radius 1 is 1.37 bits per heavy atom. The normalized spacial score (nSPS) is 15.9. The molecule has 0 amide bonds. The smallest absolute Gasteiger partial charge is 0.0992 e. The van der Waals surface area contributed by atoms with Crippen LogP contribution in [0.3, 0.4) is 0 Å². The van der Waals surface area contributed by atoms with Crippen LogP contribution in [0.2, 0.25) is 0 Å². The van der Waals surface area contributed by atoms with Gasteiger partial charge in [-0.15, -0.1) is 0 Å². The molecule has 1 heterocycles. The molecule has 0 aliphatic carbocycles. The number of anilines is 2. The first-order valence-corrected chi connectivity index (χ1v) is 6.63. The topological polar surface area (TPSA) is 74.3 Å². The first-order valence-electron chi connectivity index (χ1n) is 6.63. The molecule has 19 heavy (non-hydrogen) atoms. The molecule has 0 bridgehead atoms. The van der Waals surface area contributed by atoms with E-state index in [0.717, 1.165) is 51.5 Å². The van der Waals surface area contributed by atoms with E-state index in [2.05, 4.69) is 16.3 Å². The fraction of sp³-hybridized carbons (Fsp3) is 0.500. The maximum absolute atomic E-state index is 8.86. The van der Waals surface area contributed by atoms with E-state index >= 15 is 0 Å². The zero-order valence-electron chi connectivity index (χ0n) is 11.1. The van der Waals surface area contributed by atoms with Gasteiger partial charge in [0.15, 0.2) is 0 Å². The van der Waals surface area contributed by atoms with E-state index in [1.54, 1.807) is 18.2 Å². The summed E-state index contributed by atoms with van der Waals surface area (Å²) in [5.41, 5.74) is 8.03. The molecule has 0 spiro atoms. The summed E-state index contributed by atoms with van der Waals surface area (Å²) in [4.78, 5) is 2.40. The van der Waals surface area contributed by atoms with E-state index in [4.69, 9.17) is 15.7 Å². The minimum absolute atomic E-state index is 0.630. The summed E-state index contributed by atoms with van der Waals surface area (Å²) in [5, 5.41) is 12.2. The van der Waals surface area contributed by atoms with Crippen molar-refractivity contribution in [1.29, 1.82) is 5.26 Å². The summed E-state index contributed by atoms with van der Waals surface area (Å²) >= 11 is 0. The lowest BCUT2D eigenvalue weighted by molar-refractivity contribution is 0.0378.